The first kappa shape index (κ1) is 9.81. The van der Waals surface area contributed by atoms with E-state index >= 15 is 0 Å². The summed E-state index contributed by atoms with van der Waals surface area (Å²) in [5.41, 5.74) is 0.951. The fraction of sp³-hybridized carbons (Fsp3) is 0.417. The van der Waals surface area contributed by atoms with Crippen molar-refractivity contribution in [2.75, 3.05) is 13.2 Å². The van der Waals surface area contributed by atoms with Crippen LogP contribution in [-0.4, -0.2) is 31.4 Å². The predicted molar refractivity (Wildman–Crippen MR) is 54.8 cm³/mol. The SMILES string of the molecule is O=C1O[C@@H]2CO[C@H]1[C@@H](c1ccccc1)OC2. The molecule has 0 aromatic heterocycles. The van der Waals surface area contributed by atoms with Crippen LogP contribution in [0, 0.1) is 0 Å². The predicted octanol–water partition coefficient (Wildman–Crippen LogP) is 1.07. The molecule has 3 fully saturated rings. The second-order valence-electron chi connectivity index (χ2n) is 3.98. The molecule has 0 spiro atoms. The lowest BCUT2D eigenvalue weighted by Crippen LogP contribution is -2.40. The van der Waals surface area contributed by atoms with Crippen LogP contribution >= 0.6 is 0 Å². The molecule has 0 N–H and O–H groups in total. The summed E-state index contributed by atoms with van der Waals surface area (Å²) in [6, 6.07) is 9.62. The van der Waals surface area contributed by atoms with Crippen LogP contribution in [0.15, 0.2) is 30.3 Å². The zero-order chi connectivity index (χ0) is 11.0. The number of hydrogen-bond acceptors (Lipinski definition) is 4. The van der Waals surface area contributed by atoms with Crippen molar-refractivity contribution in [3.05, 3.63) is 35.9 Å². The molecule has 0 aliphatic carbocycles. The molecule has 4 rings (SSSR count). The molecule has 0 saturated carbocycles. The van der Waals surface area contributed by atoms with Crippen molar-refractivity contribution >= 4 is 5.97 Å². The molecule has 3 saturated heterocycles. The summed E-state index contributed by atoms with van der Waals surface area (Å²) in [6.07, 6.45) is -1.22. The number of rotatable bonds is 1. The number of hydrogen-bond donors (Lipinski definition) is 0. The summed E-state index contributed by atoms with van der Waals surface area (Å²) in [5.74, 6) is -0.317. The van der Waals surface area contributed by atoms with Crippen LogP contribution < -0.4 is 0 Å². The molecule has 0 radical (unpaired) electrons. The minimum atomic E-state index is -0.624. The van der Waals surface area contributed by atoms with Gasteiger partial charge in [-0.25, -0.2) is 4.79 Å². The lowest BCUT2D eigenvalue weighted by atomic mass is 10.0. The molecular weight excluding hydrogens is 208 g/mol. The quantitative estimate of drug-likeness (QED) is 0.664. The average Bonchev–Trinajstić information content (AvgIpc) is 2.61. The molecule has 4 nitrogen and oxygen atoms in total. The Balaban J connectivity index is 1.93. The van der Waals surface area contributed by atoms with Crippen molar-refractivity contribution in [3.8, 4) is 0 Å². The van der Waals surface area contributed by atoms with Crippen LogP contribution in [0.25, 0.3) is 0 Å². The van der Waals surface area contributed by atoms with Crippen LogP contribution in [0.3, 0.4) is 0 Å². The van der Waals surface area contributed by atoms with E-state index in [2.05, 4.69) is 0 Å². The van der Waals surface area contributed by atoms with E-state index in [0.717, 1.165) is 5.56 Å². The van der Waals surface area contributed by atoms with Crippen LogP contribution in [0.1, 0.15) is 11.7 Å². The second kappa shape index (κ2) is 3.88. The Bertz CT molecular complexity index is 389. The molecule has 4 heteroatoms. The van der Waals surface area contributed by atoms with Gasteiger partial charge in [-0.05, 0) is 5.56 Å². The Morgan fingerprint density at radius 3 is 2.38 bits per heavy atom. The van der Waals surface area contributed by atoms with Gasteiger partial charge in [-0.15, -0.1) is 0 Å². The topological polar surface area (TPSA) is 44.8 Å². The number of esters is 1. The minimum Gasteiger partial charge on any atom is -0.455 e. The van der Waals surface area contributed by atoms with Crippen molar-refractivity contribution in [2.45, 2.75) is 18.3 Å². The fourth-order valence-electron chi connectivity index (χ4n) is 2.05. The maximum atomic E-state index is 11.6. The Morgan fingerprint density at radius 2 is 1.69 bits per heavy atom. The van der Waals surface area contributed by atoms with Crippen LogP contribution in [-0.2, 0) is 19.0 Å². The second-order valence-corrected chi connectivity index (χ2v) is 3.98. The normalized spacial score (nSPS) is 33.2. The van der Waals surface area contributed by atoms with Gasteiger partial charge >= 0.3 is 5.97 Å². The third-order valence-electron chi connectivity index (χ3n) is 2.84. The highest BCUT2D eigenvalue weighted by atomic mass is 16.7. The minimum absolute atomic E-state index is 0.252. The number of fused-ring (bicyclic) bond motifs is 4. The van der Waals surface area contributed by atoms with Gasteiger partial charge in [-0.1, -0.05) is 30.3 Å². The number of carbonyl (C=O) groups excluding carboxylic acids is 1. The molecule has 1 aromatic rings. The van der Waals surface area contributed by atoms with E-state index in [1.165, 1.54) is 0 Å². The number of ether oxygens (including phenoxy) is 3. The fourth-order valence-corrected chi connectivity index (χ4v) is 2.05. The van der Waals surface area contributed by atoms with Gasteiger partial charge in [0.1, 0.15) is 12.2 Å². The molecule has 16 heavy (non-hydrogen) atoms. The van der Waals surface area contributed by atoms with Crippen molar-refractivity contribution in [1.82, 2.24) is 0 Å². The van der Waals surface area contributed by atoms with Gasteiger partial charge < -0.3 is 14.2 Å². The van der Waals surface area contributed by atoms with E-state index in [-0.39, 0.29) is 18.2 Å². The first-order valence-electron chi connectivity index (χ1n) is 5.33. The molecule has 0 amide bonds. The standard InChI is InChI=1S/C12H12O4/c13-12-11-10(8-4-2-1-3-5-8)14-6-9(16-12)7-15-11/h1-5,9-11H,6-7H2/t9-,10+,11-/m0/s1. The maximum Gasteiger partial charge on any atom is 0.338 e. The summed E-state index contributed by atoms with van der Waals surface area (Å²) in [5, 5.41) is 0. The highest BCUT2D eigenvalue weighted by Crippen LogP contribution is 2.31. The van der Waals surface area contributed by atoms with Gasteiger partial charge in [0, 0.05) is 0 Å². The highest BCUT2D eigenvalue weighted by Gasteiger charge is 2.42. The molecule has 1 aromatic carbocycles. The summed E-state index contributed by atoms with van der Waals surface area (Å²) >= 11 is 0. The summed E-state index contributed by atoms with van der Waals surface area (Å²) < 4.78 is 16.3. The summed E-state index contributed by atoms with van der Waals surface area (Å²) in [7, 11) is 0. The Labute approximate surface area is 93.1 Å². The number of benzene rings is 1. The molecule has 3 aliphatic rings. The third kappa shape index (κ3) is 1.60. The van der Waals surface area contributed by atoms with E-state index in [1.54, 1.807) is 0 Å². The van der Waals surface area contributed by atoms with Crippen LogP contribution in [0.5, 0.6) is 0 Å². The third-order valence-corrected chi connectivity index (χ3v) is 2.84. The first-order valence-corrected chi connectivity index (χ1v) is 5.33. The van der Waals surface area contributed by atoms with E-state index in [0.29, 0.717) is 13.2 Å². The van der Waals surface area contributed by atoms with Crippen molar-refractivity contribution < 1.29 is 19.0 Å². The molecule has 3 heterocycles. The molecule has 2 bridgehead atoms. The van der Waals surface area contributed by atoms with Gasteiger partial charge in [0.25, 0.3) is 0 Å². The van der Waals surface area contributed by atoms with Gasteiger partial charge in [0.05, 0.1) is 13.2 Å². The van der Waals surface area contributed by atoms with Crippen molar-refractivity contribution in [2.24, 2.45) is 0 Å². The Hall–Kier alpha value is -1.39. The summed E-state index contributed by atoms with van der Waals surface area (Å²) in [4.78, 5) is 11.6. The van der Waals surface area contributed by atoms with Crippen molar-refractivity contribution in [1.29, 1.82) is 0 Å². The van der Waals surface area contributed by atoms with Crippen molar-refractivity contribution in [3.63, 3.8) is 0 Å². The largest absolute Gasteiger partial charge is 0.455 e. The van der Waals surface area contributed by atoms with Crippen LogP contribution in [0.4, 0.5) is 0 Å². The Kier molecular flexibility index (Phi) is 2.38. The van der Waals surface area contributed by atoms with Gasteiger partial charge in [-0.3, -0.25) is 0 Å². The Morgan fingerprint density at radius 1 is 1.00 bits per heavy atom. The van der Waals surface area contributed by atoms with Gasteiger partial charge in [0.2, 0.25) is 0 Å². The van der Waals surface area contributed by atoms with Gasteiger partial charge in [0.15, 0.2) is 6.10 Å². The maximum absolute atomic E-state index is 11.6. The summed E-state index contributed by atoms with van der Waals surface area (Å²) in [6.45, 7) is 0.835. The highest BCUT2D eigenvalue weighted by molar-refractivity contribution is 5.76. The first-order chi connectivity index (χ1) is 7.84. The molecule has 0 unspecified atom stereocenters. The van der Waals surface area contributed by atoms with E-state index in [1.807, 2.05) is 30.3 Å². The van der Waals surface area contributed by atoms with E-state index < -0.39 is 6.10 Å². The lowest BCUT2D eigenvalue weighted by molar-refractivity contribution is -0.180. The van der Waals surface area contributed by atoms with Crippen LogP contribution in [0.2, 0.25) is 0 Å². The lowest BCUT2D eigenvalue weighted by Gasteiger charge is -2.25. The zero-order valence-electron chi connectivity index (χ0n) is 8.67. The van der Waals surface area contributed by atoms with Gasteiger partial charge in [-0.2, -0.15) is 0 Å². The average molecular weight is 220 g/mol. The molecular formula is C12H12O4. The smallest absolute Gasteiger partial charge is 0.338 e. The number of carbonyl (C=O) groups is 1. The molecule has 84 valence electrons. The van der Waals surface area contributed by atoms with E-state index in [4.69, 9.17) is 14.2 Å². The molecule has 3 aliphatic heterocycles. The molecule has 3 atom stereocenters. The van der Waals surface area contributed by atoms with E-state index in [9.17, 15) is 4.79 Å². The zero-order valence-corrected chi connectivity index (χ0v) is 8.67. The monoisotopic (exact) mass is 220 g/mol.